The second kappa shape index (κ2) is 3.91. The SMILES string of the molecule is [2H]C([2H])C(C)(C)N(C)c1cc(Cl)nc(Cl)n1. The molecule has 0 fully saturated rings. The molecule has 1 rings (SSSR count). The molecular formula is C9H13Cl2N3. The van der Waals surface area contributed by atoms with Crippen molar-refractivity contribution in [2.75, 3.05) is 11.9 Å². The number of nitrogens with zero attached hydrogens (tertiary/aromatic N) is 3. The lowest BCUT2D eigenvalue weighted by molar-refractivity contribution is 0.533. The molecule has 1 aromatic rings. The molecule has 1 heterocycles. The van der Waals surface area contributed by atoms with Crippen LogP contribution in [0.4, 0.5) is 5.82 Å². The smallest absolute Gasteiger partial charge is 0.225 e. The Balaban J connectivity index is 3.09. The molecule has 0 bridgehead atoms. The van der Waals surface area contributed by atoms with Crippen LogP contribution < -0.4 is 4.90 Å². The van der Waals surface area contributed by atoms with Crippen LogP contribution in [-0.2, 0) is 0 Å². The summed E-state index contributed by atoms with van der Waals surface area (Å²) < 4.78 is 15.0. The molecule has 0 aromatic carbocycles. The van der Waals surface area contributed by atoms with Gasteiger partial charge in [-0.15, -0.1) is 0 Å². The zero-order valence-corrected chi connectivity index (χ0v) is 9.76. The van der Waals surface area contributed by atoms with E-state index < -0.39 is 12.4 Å². The first-order chi connectivity index (χ1) is 7.25. The molecule has 0 saturated heterocycles. The number of hydrogen-bond donors (Lipinski definition) is 0. The van der Waals surface area contributed by atoms with E-state index in [1.165, 1.54) is 0 Å². The highest BCUT2D eigenvalue weighted by molar-refractivity contribution is 6.32. The molecule has 14 heavy (non-hydrogen) atoms. The highest BCUT2D eigenvalue weighted by atomic mass is 35.5. The average Bonchev–Trinajstić information content (AvgIpc) is 2.14. The second-order valence-corrected chi connectivity index (χ2v) is 4.26. The minimum Gasteiger partial charge on any atom is -0.355 e. The quantitative estimate of drug-likeness (QED) is 0.554. The van der Waals surface area contributed by atoms with Gasteiger partial charge in [0.25, 0.3) is 0 Å². The third kappa shape index (κ3) is 2.72. The summed E-state index contributed by atoms with van der Waals surface area (Å²) in [6, 6.07) is 1.55. The summed E-state index contributed by atoms with van der Waals surface area (Å²) in [6.45, 7) is 2.54. The molecule has 0 aliphatic carbocycles. The predicted molar refractivity (Wildman–Crippen MR) is 60.2 cm³/mol. The molecule has 1 aromatic heterocycles. The van der Waals surface area contributed by atoms with E-state index >= 15 is 0 Å². The van der Waals surface area contributed by atoms with Gasteiger partial charge in [-0.25, -0.2) is 9.97 Å². The Labute approximate surface area is 96.9 Å². The molecule has 5 heteroatoms. The standard InChI is InChI=1S/C9H13Cl2N3/c1-9(2,3)14(4)7-5-6(10)12-8(11)13-7/h5H,1-4H3/i1D2. The zero-order chi connectivity index (χ0) is 12.5. The molecule has 0 amide bonds. The molecule has 0 radical (unpaired) electrons. The van der Waals surface area contributed by atoms with Crippen LogP contribution in [0, 0.1) is 0 Å². The second-order valence-electron chi connectivity index (χ2n) is 3.53. The lowest BCUT2D eigenvalue weighted by Gasteiger charge is -2.32. The summed E-state index contributed by atoms with van der Waals surface area (Å²) in [7, 11) is 1.74. The van der Waals surface area contributed by atoms with Crippen LogP contribution >= 0.6 is 23.2 Å². The van der Waals surface area contributed by atoms with E-state index in [4.69, 9.17) is 25.9 Å². The Kier molecular flexibility index (Phi) is 2.44. The van der Waals surface area contributed by atoms with Crippen molar-refractivity contribution in [3.63, 3.8) is 0 Å². The summed E-state index contributed by atoms with van der Waals surface area (Å²) >= 11 is 11.5. The molecule has 78 valence electrons. The topological polar surface area (TPSA) is 29.0 Å². The van der Waals surface area contributed by atoms with Crippen LogP contribution in [0.3, 0.4) is 0 Å². The summed E-state index contributed by atoms with van der Waals surface area (Å²) in [5.41, 5.74) is -0.693. The summed E-state index contributed by atoms with van der Waals surface area (Å²) in [5.74, 6) is 0.500. The summed E-state index contributed by atoms with van der Waals surface area (Å²) in [5, 5.41) is 0.292. The Hall–Kier alpha value is -0.540. The third-order valence-electron chi connectivity index (χ3n) is 1.86. The van der Waals surface area contributed by atoms with Crippen LogP contribution in [-0.4, -0.2) is 22.6 Å². The summed E-state index contributed by atoms with van der Waals surface area (Å²) in [4.78, 5) is 9.45. The van der Waals surface area contributed by atoms with Crippen molar-refractivity contribution in [2.45, 2.75) is 26.3 Å². The molecule has 0 unspecified atom stereocenters. The highest BCUT2D eigenvalue weighted by Gasteiger charge is 2.19. The first-order valence-corrected chi connectivity index (χ1v) is 4.79. The van der Waals surface area contributed by atoms with Crippen molar-refractivity contribution >= 4 is 29.0 Å². The molecular weight excluding hydrogens is 221 g/mol. The zero-order valence-electron chi connectivity index (χ0n) is 10.3. The fraction of sp³-hybridized carbons (Fsp3) is 0.556. The van der Waals surface area contributed by atoms with E-state index in [2.05, 4.69) is 9.97 Å². The van der Waals surface area contributed by atoms with E-state index in [1.54, 1.807) is 31.9 Å². The Morgan fingerprint density at radius 3 is 2.57 bits per heavy atom. The van der Waals surface area contributed by atoms with Crippen LogP contribution in [0.1, 0.15) is 23.5 Å². The van der Waals surface area contributed by atoms with E-state index in [0.717, 1.165) is 0 Å². The van der Waals surface area contributed by atoms with Gasteiger partial charge < -0.3 is 4.90 Å². The largest absolute Gasteiger partial charge is 0.355 e. The van der Waals surface area contributed by atoms with E-state index in [-0.39, 0.29) is 10.4 Å². The minimum atomic E-state index is -1.02. The molecule has 0 atom stereocenters. The molecule has 0 aliphatic rings. The van der Waals surface area contributed by atoms with Crippen LogP contribution in [0.2, 0.25) is 10.4 Å². The third-order valence-corrected chi connectivity index (χ3v) is 2.22. The normalized spacial score (nSPS) is 13.9. The maximum Gasteiger partial charge on any atom is 0.225 e. The lowest BCUT2D eigenvalue weighted by Crippen LogP contribution is -2.38. The van der Waals surface area contributed by atoms with Gasteiger partial charge in [0.2, 0.25) is 5.28 Å². The number of anilines is 1. The van der Waals surface area contributed by atoms with Crippen LogP contribution in [0.25, 0.3) is 0 Å². The van der Waals surface area contributed by atoms with Gasteiger partial charge in [0.15, 0.2) is 0 Å². The van der Waals surface area contributed by atoms with Crippen LogP contribution in [0.5, 0.6) is 0 Å². The predicted octanol–water partition coefficient (Wildman–Crippen LogP) is 3.02. The maximum absolute atomic E-state index is 7.48. The molecule has 0 spiro atoms. The fourth-order valence-corrected chi connectivity index (χ4v) is 1.24. The van der Waals surface area contributed by atoms with Crippen molar-refractivity contribution in [3.8, 4) is 0 Å². The van der Waals surface area contributed by atoms with Crippen molar-refractivity contribution in [1.82, 2.24) is 9.97 Å². The number of aromatic nitrogens is 2. The van der Waals surface area contributed by atoms with Crippen molar-refractivity contribution in [2.24, 2.45) is 0 Å². The van der Waals surface area contributed by atoms with E-state index in [1.807, 2.05) is 0 Å². The monoisotopic (exact) mass is 235 g/mol. The van der Waals surface area contributed by atoms with Gasteiger partial charge in [0, 0.05) is 21.4 Å². The van der Waals surface area contributed by atoms with E-state index in [9.17, 15) is 0 Å². The first-order valence-electron chi connectivity index (χ1n) is 5.19. The minimum absolute atomic E-state index is 0.0525. The van der Waals surface area contributed by atoms with Crippen molar-refractivity contribution in [3.05, 3.63) is 16.5 Å². The number of rotatable bonds is 1. The molecule has 0 saturated carbocycles. The van der Waals surface area contributed by atoms with Gasteiger partial charge in [-0.3, -0.25) is 0 Å². The molecule has 3 nitrogen and oxygen atoms in total. The van der Waals surface area contributed by atoms with Crippen molar-refractivity contribution < 1.29 is 2.74 Å². The highest BCUT2D eigenvalue weighted by Crippen LogP contribution is 2.23. The number of hydrogen-bond acceptors (Lipinski definition) is 3. The molecule has 0 aliphatic heterocycles. The van der Waals surface area contributed by atoms with E-state index in [0.29, 0.717) is 5.82 Å². The molecule has 0 N–H and O–H groups in total. The van der Waals surface area contributed by atoms with Crippen molar-refractivity contribution in [1.29, 1.82) is 0 Å². The van der Waals surface area contributed by atoms with Gasteiger partial charge in [0.1, 0.15) is 11.0 Å². The van der Waals surface area contributed by atoms with Gasteiger partial charge in [-0.1, -0.05) is 11.6 Å². The number of halogens is 2. The Morgan fingerprint density at radius 2 is 2.07 bits per heavy atom. The van der Waals surface area contributed by atoms with Gasteiger partial charge in [-0.2, -0.15) is 0 Å². The van der Waals surface area contributed by atoms with Gasteiger partial charge >= 0.3 is 0 Å². The summed E-state index contributed by atoms with van der Waals surface area (Å²) in [6.07, 6.45) is 0. The van der Waals surface area contributed by atoms with Crippen LogP contribution in [0.15, 0.2) is 6.07 Å². The van der Waals surface area contributed by atoms with Gasteiger partial charge in [0.05, 0.1) is 0 Å². The Morgan fingerprint density at radius 1 is 1.43 bits per heavy atom. The Bertz CT molecular complexity index is 365. The first kappa shape index (κ1) is 8.74. The fourth-order valence-electron chi connectivity index (χ4n) is 0.846. The maximum atomic E-state index is 7.48. The van der Waals surface area contributed by atoms with Gasteiger partial charge in [-0.05, 0) is 32.3 Å². The lowest BCUT2D eigenvalue weighted by atomic mass is 10.1. The average molecular weight is 236 g/mol.